The fourth-order valence-electron chi connectivity index (χ4n) is 2.69. The Morgan fingerprint density at radius 2 is 1.77 bits per heavy atom. The van der Waals surface area contributed by atoms with Crippen LogP contribution in [0.3, 0.4) is 0 Å². The molecule has 8 heteroatoms. The molecule has 0 saturated carbocycles. The van der Waals surface area contributed by atoms with Gasteiger partial charge in [0.2, 0.25) is 6.41 Å². The van der Waals surface area contributed by atoms with Crippen LogP contribution in [-0.2, 0) is 4.79 Å². The molecule has 2 aromatic rings. The van der Waals surface area contributed by atoms with Gasteiger partial charge in [-0.15, -0.1) is 0 Å². The zero-order chi connectivity index (χ0) is 18.5. The van der Waals surface area contributed by atoms with Gasteiger partial charge in [-0.1, -0.05) is 0 Å². The molecule has 26 heavy (non-hydrogen) atoms. The van der Waals surface area contributed by atoms with Gasteiger partial charge in [0.1, 0.15) is 11.5 Å². The maximum Gasteiger partial charge on any atom is 0.274 e. The number of benzene rings is 1. The summed E-state index contributed by atoms with van der Waals surface area (Å²) in [6.07, 6.45) is 3.84. The molecule has 2 heterocycles. The van der Waals surface area contributed by atoms with Crippen LogP contribution in [0.25, 0.3) is 0 Å². The van der Waals surface area contributed by atoms with Crippen molar-refractivity contribution in [1.29, 1.82) is 0 Å². The second-order valence-electron chi connectivity index (χ2n) is 6.29. The summed E-state index contributed by atoms with van der Waals surface area (Å²) >= 11 is 0. The maximum absolute atomic E-state index is 12.5. The van der Waals surface area contributed by atoms with Crippen molar-refractivity contribution in [3.05, 3.63) is 42.4 Å². The van der Waals surface area contributed by atoms with Gasteiger partial charge in [-0.05, 0) is 24.3 Å². The van der Waals surface area contributed by atoms with Crippen LogP contribution in [-0.4, -0.2) is 72.4 Å². The number of hydrogen-bond acceptors (Lipinski definition) is 6. The summed E-state index contributed by atoms with van der Waals surface area (Å²) in [7, 11) is 3.98. The first-order valence-corrected chi connectivity index (χ1v) is 8.42. The van der Waals surface area contributed by atoms with E-state index in [2.05, 4.69) is 15.3 Å². The molecule has 3 rings (SSSR count). The number of aromatic nitrogens is 2. The minimum atomic E-state index is -0.162. The number of anilines is 3. The zero-order valence-electron chi connectivity index (χ0n) is 14.9. The first-order chi connectivity index (χ1) is 12.6. The SMILES string of the molecule is CN(C)c1ccc(Nc2cnc(C(=O)N3CCN(C=O)CC3)cn2)cc1. The third kappa shape index (κ3) is 4.08. The Balaban J connectivity index is 1.61. The van der Waals surface area contributed by atoms with Gasteiger partial charge in [-0.2, -0.15) is 0 Å². The Labute approximate surface area is 152 Å². The molecule has 2 amide bonds. The van der Waals surface area contributed by atoms with E-state index in [1.54, 1.807) is 16.0 Å². The average Bonchev–Trinajstić information content (AvgIpc) is 2.68. The van der Waals surface area contributed by atoms with E-state index in [0.717, 1.165) is 17.8 Å². The number of nitrogens with one attached hydrogen (secondary N) is 1. The smallest absolute Gasteiger partial charge is 0.274 e. The third-order valence-corrected chi connectivity index (χ3v) is 4.28. The van der Waals surface area contributed by atoms with Crippen molar-refractivity contribution in [3.8, 4) is 0 Å². The average molecular weight is 354 g/mol. The predicted octanol–water partition coefficient (Wildman–Crippen LogP) is 1.20. The highest BCUT2D eigenvalue weighted by atomic mass is 16.2. The van der Waals surface area contributed by atoms with Gasteiger partial charge >= 0.3 is 0 Å². The Bertz CT molecular complexity index is 752. The Kier molecular flexibility index (Phi) is 5.31. The largest absolute Gasteiger partial charge is 0.378 e. The molecule has 0 atom stereocenters. The maximum atomic E-state index is 12.5. The summed E-state index contributed by atoms with van der Waals surface area (Å²) in [5.74, 6) is 0.412. The molecule has 1 aromatic heterocycles. The van der Waals surface area contributed by atoms with Gasteiger partial charge in [0.25, 0.3) is 5.91 Å². The van der Waals surface area contributed by atoms with Crippen LogP contribution in [0, 0.1) is 0 Å². The van der Waals surface area contributed by atoms with Gasteiger partial charge < -0.3 is 20.0 Å². The number of amides is 2. The molecule has 1 aromatic carbocycles. The molecule has 136 valence electrons. The minimum absolute atomic E-state index is 0.162. The second-order valence-corrected chi connectivity index (χ2v) is 6.29. The van der Waals surface area contributed by atoms with Crippen LogP contribution in [0.2, 0.25) is 0 Å². The van der Waals surface area contributed by atoms with E-state index in [4.69, 9.17) is 0 Å². The normalized spacial score (nSPS) is 14.1. The molecule has 0 unspecified atom stereocenters. The molecular formula is C18H22N6O2. The van der Waals surface area contributed by atoms with Crippen molar-refractivity contribution in [2.75, 3.05) is 50.5 Å². The third-order valence-electron chi connectivity index (χ3n) is 4.28. The van der Waals surface area contributed by atoms with Gasteiger partial charge in [0.05, 0.1) is 12.4 Å². The van der Waals surface area contributed by atoms with E-state index in [1.165, 1.54) is 6.20 Å². The number of carbonyl (C=O) groups is 2. The van der Waals surface area contributed by atoms with Crippen LogP contribution >= 0.6 is 0 Å². The van der Waals surface area contributed by atoms with Crippen molar-refractivity contribution >= 4 is 29.5 Å². The summed E-state index contributed by atoms with van der Waals surface area (Å²) < 4.78 is 0. The van der Waals surface area contributed by atoms with Crippen molar-refractivity contribution in [2.45, 2.75) is 0 Å². The summed E-state index contributed by atoms with van der Waals surface area (Å²) in [6, 6.07) is 7.93. The lowest BCUT2D eigenvalue weighted by atomic mass is 10.2. The van der Waals surface area contributed by atoms with Crippen LogP contribution < -0.4 is 10.2 Å². The van der Waals surface area contributed by atoms with Crippen LogP contribution in [0.1, 0.15) is 10.5 Å². The monoisotopic (exact) mass is 354 g/mol. The molecule has 8 nitrogen and oxygen atoms in total. The van der Waals surface area contributed by atoms with E-state index in [1.807, 2.05) is 43.3 Å². The molecular weight excluding hydrogens is 332 g/mol. The number of carbonyl (C=O) groups excluding carboxylic acids is 2. The summed E-state index contributed by atoms with van der Waals surface area (Å²) in [5.41, 5.74) is 2.31. The Hall–Kier alpha value is -3.16. The number of piperazine rings is 1. The number of hydrogen-bond donors (Lipinski definition) is 1. The molecule has 1 aliphatic heterocycles. The Morgan fingerprint density at radius 1 is 1.08 bits per heavy atom. The molecule has 1 fully saturated rings. The van der Waals surface area contributed by atoms with Gasteiger partial charge in [0.15, 0.2) is 0 Å². The van der Waals surface area contributed by atoms with Crippen molar-refractivity contribution in [3.63, 3.8) is 0 Å². The van der Waals surface area contributed by atoms with Crippen molar-refractivity contribution < 1.29 is 9.59 Å². The fourth-order valence-corrected chi connectivity index (χ4v) is 2.69. The van der Waals surface area contributed by atoms with Crippen LogP contribution in [0.4, 0.5) is 17.2 Å². The molecule has 0 bridgehead atoms. The molecule has 1 N–H and O–H groups in total. The van der Waals surface area contributed by atoms with E-state index in [9.17, 15) is 9.59 Å². The second kappa shape index (κ2) is 7.81. The van der Waals surface area contributed by atoms with Gasteiger partial charge in [-0.3, -0.25) is 9.59 Å². The zero-order valence-corrected chi connectivity index (χ0v) is 14.9. The summed E-state index contributed by atoms with van der Waals surface area (Å²) in [4.78, 5) is 37.1. The number of rotatable bonds is 5. The van der Waals surface area contributed by atoms with Gasteiger partial charge in [-0.25, -0.2) is 9.97 Å². The van der Waals surface area contributed by atoms with Crippen LogP contribution in [0.5, 0.6) is 0 Å². The molecule has 0 aliphatic carbocycles. The van der Waals surface area contributed by atoms with Gasteiger partial charge in [0, 0.05) is 51.6 Å². The Morgan fingerprint density at radius 3 is 2.31 bits per heavy atom. The van der Waals surface area contributed by atoms with Crippen LogP contribution in [0.15, 0.2) is 36.7 Å². The highest BCUT2D eigenvalue weighted by Crippen LogP contribution is 2.18. The highest BCUT2D eigenvalue weighted by molar-refractivity contribution is 5.92. The van der Waals surface area contributed by atoms with Crippen molar-refractivity contribution in [2.24, 2.45) is 0 Å². The van der Waals surface area contributed by atoms with Crippen molar-refractivity contribution in [1.82, 2.24) is 19.8 Å². The lowest BCUT2D eigenvalue weighted by Crippen LogP contribution is -2.48. The predicted molar refractivity (Wildman–Crippen MR) is 99.6 cm³/mol. The van der Waals surface area contributed by atoms with E-state index in [0.29, 0.717) is 37.7 Å². The highest BCUT2D eigenvalue weighted by Gasteiger charge is 2.22. The molecule has 1 saturated heterocycles. The van der Waals surface area contributed by atoms with E-state index in [-0.39, 0.29) is 5.91 Å². The molecule has 1 aliphatic rings. The molecule has 0 spiro atoms. The first kappa shape index (κ1) is 17.7. The first-order valence-electron chi connectivity index (χ1n) is 8.42. The van der Waals surface area contributed by atoms with E-state index >= 15 is 0 Å². The quantitative estimate of drug-likeness (QED) is 0.813. The molecule has 0 radical (unpaired) electrons. The lowest BCUT2D eigenvalue weighted by molar-refractivity contribution is -0.119. The van der Waals surface area contributed by atoms with E-state index < -0.39 is 0 Å². The minimum Gasteiger partial charge on any atom is -0.378 e. The number of nitrogens with zero attached hydrogens (tertiary/aromatic N) is 5. The standard InChI is InChI=1S/C18H22N6O2/c1-22(2)15-5-3-14(4-6-15)21-17-12-19-16(11-20-17)18(26)24-9-7-23(13-25)8-10-24/h3-6,11-13H,7-10H2,1-2H3,(H,20,21). The lowest BCUT2D eigenvalue weighted by Gasteiger charge is -2.32. The summed E-state index contributed by atoms with van der Waals surface area (Å²) in [5, 5.41) is 3.17. The fraction of sp³-hybridized carbons (Fsp3) is 0.333. The topological polar surface area (TPSA) is 81.7 Å². The summed E-state index contributed by atoms with van der Waals surface area (Å²) in [6.45, 7) is 2.12.